The molecule has 9 rings (SSSR count). The van der Waals surface area contributed by atoms with E-state index in [9.17, 15) is 21.7 Å². The number of hydrogen-bond acceptors (Lipinski definition) is 5. The number of nitrogens with zero attached hydrogens (tertiary/aromatic N) is 4. The highest BCUT2D eigenvalue weighted by Gasteiger charge is 2.14. The average molecular weight is 785 g/mol. The summed E-state index contributed by atoms with van der Waals surface area (Å²) in [4.78, 5) is 13.0. The van der Waals surface area contributed by atoms with Gasteiger partial charge in [-0.05, 0) is 139 Å². The summed E-state index contributed by atoms with van der Waals surface area (Å²) in [6.45, 7) is -6.15. The molecule has 0 amide bonds. The van der Waals surface area contributed by atoms with E-state index in [1.165, 1.54) is 18.2 Å². The minimum atomic E-state index is -3.50. The number of rotatable bonds is 12. The number of fused-ring (bicyclic) bond motifs is 3. The van der Waals surface area contributed by atoms with Crippen LogP contribution in [-0.2, 0) is 38.2 Å². The normalized spacial score (nSPS) is 18.2. The lowest BCUT2D eigenvalue weighted by atomic mass is 9.93. The average Bonchev–Trinajstić information content (AvgIpc) is 4.00. The quantitative estimate of drug-likeness (QED) is 0.123. The van der Waals surface area contributed by atoms with Crippen LogP contribution < -0.4 is 0 Å². The number of para-hydroxylation sites is 1. The molecule has 0 radical (unpaired) electrons. The van der Waals surface area contributed by atoms with E-state index in [4.69, 9.17) is 15.4 Å². The first-order valence-electron chi connectivity index (χ1n) is 28.4. The lowest BCUT2D eigenvalue weighted by molar-refractivity contribution is 0.669. The van der Waals surface area contributed by atoms with Crippen molar-refractivity contribution in [2.24, 2.45) is 0 Å². The van der Waals surface area contributed by atoms with Crippen LogP contribution in [0.1, 0.15) is 77.5 Å². The SMILES string of the molecule is [2H]c1cc2c(oc3c(-c4ccc(C([2H])([2H])C([2H])([2H])c5cc(C([2H])([2H])C([2H])([2H])c6cnc(-c7ccccc7)cc6C([2H])([2H])[2H])cc(C([2H])([2H])C([2H])([2H])c6cnc(-c7ccccc7)cc6C([2H])([2H])[2H])c5)cn4)cccc32)c([2H])c1C#N. The monoisotopic (exact) mass is 784 g/mol. The molecule has 59 heavy (non-hydrogen) atoms. The van der Waals surface area contributed by atoms with Gasteiger partial charge in [0.2, 0.25) is 0 Å². The highest BCUT2D eigenvalue weighted by Crippen LogP contribution is 2.35. The van der Waals surface area contributed by atoms with Crippen molar-refractivity contribution in [2.45, 2.75) is 51.9 Å². The molecule has 5 aromatic carbocycles. The zero-order valence-electron chi connectivity index (χ0n) is 51.1. The van der Waals surface area contributed by atoms with E-state index < -0.39 is 96.4 Å². The van der Waals surface area contributed by atoms with E-state index in [1.807, 2.05) is 6.07 Å². The Morgan fingerprint density at radius 1 is 0.576 bits per heavy atom. The van der Waals surface area contributed by atoms with Gasteiger partial charge >= 0.3 is 0 Å². The molecule has 4 heterocycles. The number of aromatic nitrogens is 3. The summed E-state index contributed by atoms with van der Waals surface area (Å²) in [7, 11) is 0. The topological polar surface area (TPSA) is 75.6 Å². The van der Waals surface area contributed by atoms with Crippen molar-refractivity contribution in [2.75, 3.05) is 0 Å². The lowest BCUT2D eigenvalue weighted by Gasteiger charge is -2.13. The maximum atomic E-state index is 9.58. The Labute approximate surface area is 373 Å². The second-order valence-electron chi connectivity index (χ2n) is 13.4. The Hall–Kier alpha value is -7.16. The molecule has 0 bridgehead atoms. The molecule has 0 aliphatic carbocycles. The Morgan fingerprint density at radius 3 is 1.71 bits per heavy atom. The van der Waals surface area contributed by atoms with Gasteiger partial charge in [-0.25, -0.2) is 0 Å². The van der Waals surface area contributed by atoms with Crippen LogP contribution in [0.3, 0.4) is 0 Å². The van der Waals surface area contributed by atoms with Gasteiger partial charge in [0, 0.05) is 70.7 Å². The molecule has 9 aromatic rings. The number of furan rings is 1. The predicted octanol–water partition coefficient (Wildman–Crippen LogP) is 12.6. The summed E-state index contributed by atoms with van der Waals surface area (Å²) in [6, 6.07) is 31.3. The van der Waals surface area contributed by atoms with Crippen molar-refractivity contribution in [3.8, 4) is 39.8 Å². The molecule has 286 valence electrons. The summed E-state index contributed by atoms with van der Waals surface area (Å²) in [6.07, 6.45) is -17.7. The summed E-state index contributed by atoms with van der Waals surface area (Å²) in [5.41, 5.74) is -4.09. The number of hydrogen-bond donors (Lipinski definition) is 0. The lowest BCUT2D eigenvalue weighted by Crippen LogP contribution is -2.02. The van der Waals surface area contributed by atoms with Crippen LogP contribution in [0.25, 0.3) is 55.7 Å². The van der Waals surface area contributed by atoms with Crippen LogP contribution in [-0.4, -0.2) is 15.0 Å². The molecule has 0 fully saturated rings. The number of nitriles is 1. The van der Waals surface area contributed by atoms with Crippen molar-refractivity contribution in [3.63, 3.8) is 0 Å². The number of benzene rings is 5. The molecule has 4 aromatic heterocycles. The number of pyridine rings is 3. The molecule has 0 spiro atoms. The standard InChI is InChI=1S/C54H44N4O/c1-36-26-51(43-10-5-3-6-11-43)57-34-45(36)22-18-40-28-39(29-41(30-40)19-23-46-35-58-52(27-37(46)2)44-12-7-4-8-13-44)17-16-38-21-25-50(56-33-38)49-15-9-14-48-47-24-20-42(32-55)31-53(47)59-54(48)49/h3-15,20-21,24-31,33-35H,16-19,22-23H2,1-2H3/i1D3,2D3,16D2,17D2,18D2,19D2,20D,22D2,23D2,31D. The van der Waals surface area contributed by atoms with Crippen molar-refractivity contribution in [3.05, 3.63) is 208 Å². The third kappa shape index (κ3) is 8.30. The van der Waals surface area contributed by atoms with E-state index >= 15 is 0 Å². The van der Waals surface area contributed by atoms with E-state index in [2.05, 4.69) is 15.0 Å². The van der Waals surface area contributed by atoms with Gasteiger partial charge in [0.05, 0.1) is 31.5 Å². The summed E-state index contributed by atoms with van der Waals surface area (Å²) >= 11 is 0. The van der Waals surface area contributed by atoms with Gasteiger partial charge in [-0.2, -0.15) is 5.26 Å². The van der Waals surface area contributed by atoms with Gasteiger partial charge in [0.15, 0.2) is 0 Å². The fourth-order valence-corrected chi connectivity index (χ4v) is 6.47. The minimum absolute atomic E-state index is 0.0401. The highest BCUT2D eigenvalue weighted by molar-refractivity contribution is 6.09. The van der Waals surface area contributed by atoms with E-state index in [1.54, 1.807) is 78.9 Å². The summed E-state index contributed by atoms with van der Waals surface area (Å²) < 4.78 is 187. The van der Waals surface area contributed by atoms with Gasteiger partial charge in [0.25, 0.3) is 0 Å². The highest BCUT2D eigenvalue weighted by atomic mass is 16.3. The van der Waals surface area contributed by atoms with Crippen LogP contribution >= 0.6 is 0 Å². The van der Waals surface area contributed by atoms with Crippen LogP contribution in [0.4, 0.5) is 0 Å². The second-order valence-corrected chi connectivity index (χ2v) is 13.4. The second kappa shape index (κ2) is 16.7. The summed E-state index contributed by atoms with van der Waals surface area (Å²) in [5, 5.41) is 10.4. The van der Waals surface area contributed by atoms with Gasteiger partial charge < -0.3 is 4.42 Å². The first-order valence-corrected chi connectivity index (χ1v) is 18.4. The first kappa shape index (κ1) is 21.0. The third-order valence-electron chi connectivity index (χ3n) is 9.42. The van der Waals surface area contributed by atoms with Crippen LogP contribution in [0.2, 0.25) is 0 Å². The fraction of sp³-hybridized carbons (Fsp3) is 0.148. The minimum Gasteiger partial charge on any atom is -0.455 e. The van der Waals surface area contributed by atoms with Gasteiger partial charge in [-0.15, -0.1) is 0 Å². The number of aryl methyl sites for hydroxylation is 8. The van der Waals surface area contributed by atoms with Crippen molar-refractivity contribution < 1.29 is 31.8 Å². The van der Waals surface area contributed by atoms with Crippen molar-refractivity contribution in [1.29, 1.82) is 5.26 Å². The van der Waals surface area contributed by atoms with Gasteiger partial charge in [-0.3, -0.25) is 15.0 Å². The molecule has 0 unspecified atom stereocenters. The maximum absolute atomic E-state index is 9.58. The molecule has 0 aliphatic heterocycles. The van der Waals surface area contributed by atoms with Crippen molar-refractivity contribution >= 4 is 21.9 Å². The fourth-order valence-electron chi connectivity index (χ4n) is 6.47. The van der Waals surface area contributed by atoms with Crippen molar-refractivity contribution in [1.82, 2.24) is 15.0 Å². The van der Waals surface area contributed by atoms with Crippen LogP contribution in [0.15, 0.2) is 162 Å². The molecule has 5 heteroatoms. The zero-order valence-corrected chi connectivity index (χ0v) is 31.1. The van der Waals surface area contributed by atoms with E-state index in [0.717, 1.165) is 48.9 Å². The van der Waals surface area contributed by atoms with Crippen LogP contribution in [0.5, 0.6) is 0 Å². The maximum Gasteiger partial charge on any atom is 0.144 e. The Bertz CT molecular complexity index is 3730. The molecular formula is C54H44N4O. The third-order valence-corrected chi connectivity index (χ3v) is 9.42. The van der Waals surface area contributed by atoms with Crippen LogP contribution in [0, 0.1) is 25.0 Å². The molecule has 0 saturated heterocycles. The first-order chi connectivity index (χ1) is 36.8. The molecule has 5 nitrogen and oxygen atoms in total. The molecule has 0 atom stereocenters. The zero-order chi connectivity index (χ0) is 57.6. The molecule has 0 saturated carbocycles. The van der Waals surface area contributed by atoms with E-state index in [0.29, 0.717) is 27.5 Å². The Kier molecular flexibility index (Phi) is 5.97. The smallest absolute Gasteiger partial charge is 0.144 e. The molecule has 0 aliphatic rings. The largest absolute Gasteiger partial charge is 0.455 e. The predicted molar refractivity (Wildman–Crippen MR) is 239 cm³/mol. The van der Waals surface area contributed by atoms with Gasteiger partial charge in [0.1, 0.15) is 11.2 Å². The Balaban J connectivity index is 1.20. The van der Waals surface area contributed by atoms with Gasteiger partial charge in [-0.1, -0.05) is 97.1 Å². The molecular weight excluding hydrogens is 721 g/mol. The Morgan fingerprint density at radius 2 is 1.15 bits per heavy atom. The van der Waals surface area contributed by atoms with E-state index in [-0.39, 0.29) is 45.9 Å². The molecule has 0 N–H and O–H groups in total. The summed E-state index contributed by atoms with van der Waals surface area (Å²) in [5.74, 6) is 0.